The summed E-state index contributed by atoms with van der Waals surface area (Å²) < 4.78 is 8.96. The Morgan fingerprint density at radius 1 is 0.736 bits per heavy atom. The van der Waals surface area contributed by atoms with Crippen molar-refractivity contribution in [2.45, 2.75) is 18.8 Å². The quantitative estimate of drug-likeness (QED) is 0.167. The van der Waals surface area contributed by atoms with Crippen molar-refractivity contribution < 1.29 is 4.42 Å². The first-order valence-electron chi connectivity index (χ1n) is 18.3. The first kappa shape index (κ1) is 30.3. The second kappa shape index (κ2) is 11.6. The van der Waals surface area contributed by atoms with Crippen LogP contribution < -0.4 is 14.7 Å². The van der Waals surface area contributed by atoms with Crippen LogP contribution in [0.15, 0.2) is 168 Å². The van der Waals surface area contributed by atoms with Crippen molar-refractivity contribution in [2.24, 2.45) is 5.92 Å². The van der Waals surface area contributed by atoms with Crippen molar-refractivity contribution in [1.82, 2.24) is 0 Å². The molecule has 0 bridgehead atoms. The van der Waals surface area contributed by atoms with Gasteiger partial charge in [0.15, 0.2) is 0 Å². The first-order chi connectivity index (χ1) is 26.2. The van der Waals surface area contributed by atoms with Crippen LogP contribution in [0.25, 0.3) is 49.6 Å². The zero-order valence-electron chi connectivity index (χ0n) is 29.1. The maximum Gasteiger partial charge on any atom is 0.137 e. The van der Waals surface area contributed by atoms with Crippen LogP contribution in [0, 0.1) is 5.92 Å². The number of anilines is 3. The highest BCUT2D eigenvalue weighted by atomic mass is 32.1. The number of hydrogen-bond donors (Lipinski definition) is 0. The molecule has 0 radical (unpaired) electrons. The van der Waals surface area contributed by atoms with Crippen LogP contribution in [0.4, 0.5) is 17.1 Å². The van der Waals surface area contributed by atoms with E-state index in [0.29, 0.717) is 5.92 Å². The molecule has 8 aromatic rings. The second-order valence-corrected chi connectivity index (χ2v) is 15.4. The summed E-state index contributed by atoms with van der Waals surface area (Å²) >= 11 is 1.86. The summed E-state index contributed by atoms with van der Waals surface area (Å²) in [6.07, 6.45) is 7.66. The molecule has 53 heavy (non-hydrogen) atoms. The summed E-state index contributed by atoms with van der Waals surface area (Å²) in [6.45, 7) is 2.25. The standard InChI is InChI=1S/C50H33NOS/c1-32-26-28-40-46(30-32)52-45-25-13-24-44(48(40)45)51(34-16-6-3-7-17-34)35-27-29-38-39-20-12-23-43(49(39)53-47(38)31-35)50(33-14-4-2-5-15-33)41-21-10-8-18-36(41)37-19-9-11-22-42(37)50/h2-11,13-19,21-29,31-32H,30H2,1H3. The van der Waals surface area contributed by atoms with Crippen molar-refractivity contribution >= 4 is 66.8 Å². The minimum atomic E-state index is -0.501. The van der Waals surface area contributed by atoms with Crippen molar-refractivity contribution in [1.29, 1.82) is 0 Å². The summed E-state index contributed by atoms with van der Waals surface area (Å²) in [5.41, 5.74) is 19.7. The number of para-hydroxylation sites is 1. The van der Waals surface area contributed by atoms with Gasteiger partial charge in [-0.1, -0.05) is 140 Å². The Kier molecular flexibility index (Phi) is 6.62. The Hall–Kier alpha value is -6.34. The first-order valence-corrected chi connectivity index (χ1v) is 19.1. The number of thiophene rings is 1. The summed E-state index contributed by atoms with van der Waals surface area (Å²) in [7, 11) is 0. The van der Waals surface area contributed by atoms with Gasteiger partial charge in [0.1, 0.15) is 11.3 Å². The molecule has 0 N–H and O–H groups in total. The monoisotopic (exact) mass is 695 g/mol. The Bertz CT molecular complexity index is 2980. The lowest BCUT2D eigenvalue weighted by molar-refractivity contribution is 0.513. The van der Waals surface area contributed by atoms with Crippen LogP contribution in [0.2, 0.25) is 0 Å². The van der Waals surface area contributed by atoms with Gasteiger partial charge in [0.05, 0.1) is 21.7 Å². The molecule has 3 aliphatic rings. The number of hydrogen-bond acceptors (Lipinski definition) is 3. The number of furan rings is 1. The zero-order chi connectivity index (χ0) is 35.1. The smallest absolute Gasteiger partial charge is 0.137 e. The van der Waals surface area contributed by atoms with Crippen LogP contribution in [0.1, 0.15) is 34.9 Å². The molecule has 0 aliphatic heterocycles. The molecule has 0 saturated carbocycles. The molecular formula is C50H33NOS. The molecule has 250 valence electrons. The topological polar surface area (TPSA) is 16.4 Å². The zero-order valence-corrected chi connectivity index (χ0v) is 30.0. The molecule has 0 fully saturated rings. The fraction of sp³-hybridized carbons (Fsp3) is 0.0800. The Morgan fingerprint density at radius 2 is 1.45 bits per heavy atom. The van der Waals surface area contributed by atoms with E-state index in [1.165, 1.54) is 53.6 Å². The molecule has 0 amide bonds. The highest BCUT2D eigenvalue weighted by Crippen LogP contribution is 2.57. The second-order valence-electron chi connectivity index (χ2n) is 14.3. The Balaban J connectivity index is 1.18. The molecule has 2 heterocycles. The van der Waals surface area contributed by atoms with Gasteiger partial charge in [0, 0.05) is 38.0 Å². The molecule has 6 aromatic carbocycles. The van der Waals surface area contributed by atoms with Gasteiger partial charge in [0.25, 0.3) is 0 Å². The van der Waals surface area contributed by atoms with E-state index in [1.807, 2.05) is 11.3 Å². The van der Waals surface area contributed by atoms with Crippen LogP contribution in [0.5, 0.6) is 0 Å². The van der Waals surface area contributed by atoms with E-state index in [4.69, 9.17) is 4.42 Å². The van der Waals surface area contributed by atoms with E-state index >= 15 is 0 Å². The third-order valence-electron chi connectivity index (χ3n) is 11.3. The minimum absolute atomic E-state index is 0.457. The fourth-order valence-corrected chi connectivity index (χ4v) is 10.3. The van der Waals surface area contributed by atoms with E-state index in [0.717, 1.165) is 45.4 Å². The molecule has 3 heteroatoms. The lowest BCUT2D eigenvalue weighted by Crippen LogP contribution is -2.35. The van der Waals surface area contributed by atoms with Gasteiger partial charge in [-0.2, -0.15) is 0 Å². The molecular weight excluding hydrogens is 663 g/mol. The predicted molar refractivity (Wildman–Crippen MR) is 221 cm³/mol. The predicted octanol–water partition coefficient (Wildman–Crippen LogP) is 11.6. The fourth-order valence-electron chi connectivity index (χ4n) is 9.08. The molecule has 2 nitrogen and oxygen atoms in total. The maximum atomic E-state index is 6.51. The SMILES string of the molecule is CC1C=Cc2c(oc3cccc(N(c4ccccc4)c4ccc5c6c(sc5c4)=C(C4(c5ccccc5)c5ccccc5-c5ccccc54)C=C=C=6)c23)C1. The molecule has 1 atom stereocenters. The van der Waals surface area contributed by atoms with Crippen molar-refractivity contribution in [3.05, 3.63) is 201 Å². The summed E-state index contributed by atoms with van der Waals surface area (Å²) in [4.78, 5) is 2.39. The summed E-state index contributed by atoms with van der Waals surface area (Å²) in [6, 6.07) is 52.9. The largest absolute Gasteiger partial charge is 0.460 e. The van der Waals surface area contributed by atoms with Crippen LogP contribution in [-0.4, -0.2) is 0 Å². The van der Waals surface area contributed by atoms with Crippen molar-refractivity contribution in [3.63, 3.8) is 0 Å². The number of allylic oxidation sites excluding steroid dienone is 2. The van der Waals surface area contributed by atoms with Gasteiger partial charge in [-0.25, -0.2) is 0 Å². The van der Waals surface area contributed by atoms with E-state index in [-0.39, 0.29) is 0 Å². The summed E-state index contributed by atoms with van der Waals surface area (Å²) in [5, 5.41) is 3.46. The lowest BCUT2D eigenvalue weighted by atomic mass is 9.67. The Labute approximate surface area is 311 Å². The maximum absolute atomic E-state index is 6.51. The van der Waals surface area contributed by atoms with Gasteiger partial charge in [-0.3, -0.25) is 0 Å². The molecule has 0 saturated heterocycles. The average Bonchev–Trinajstić information content (AvgIpc) is 3.87. The lowest BCUT2D eigenvalue weighted by Gasteiger charge is -2.34. The van der Waals surface area contributed by atoms with E-state index in [9.17, 15) is 0 Å². The molecule has 1 unspecified atom stereocenters. The van der Waals surface area contributed by atoms with Gasteiger partial charge >= 0.3 is 0 Å². The molecule has 3 aliphatic carbocycles. The highest BCUT2D eigenvalue weighted by Gasteiger charge is 2.47. The third kappa shape index (κ3) is 4.34. The number of benzene rings is 6. The number of fused-ring (bicyclic) bond motifs is 9. The molecule has 2 aromatic heterocycles. The van der Waals surface area contributed by atoms with Crippen LogP contribution in [-0.2, 0) is 11.8 Å². The normalized spacial score (nSPS) is 15.9. The van der Waals surface area contributed by atoms with Gasteiger partial charge < -0.3 is 9.32 Å². The van der Waals surface area contributed by atoms with Gasteiger partial charge in [-0.15, -0.1) is 11.3 Å². The van der Waals surface area contributed by atoms with Crippen LogP contribution in [0.3, 0.4) is 0 Å². The van der Waals surface area contributed by atoms with E-state index < -0.39 is 5.41 Å². The van der Waals surface area contributed by atoms with Crippen molar-refractivity contribution in [2.75, 3.05) is 4.90 Å². The molecule has 11 rings (SSSR count). The average molecular weight is 696 g/mol. The third-order valence-corrected chi connectivity index (χ3v) is 12.5. The summed E-state index contributed by atoms with van der Waals surface area (Å²) in [5.74, 6) is 1.52. The van der Waals surface area contributed by atoms with Crippen molar-refractivity contribution in [3.8, 4) is 11.1 Å². The number of nitrogens with zero attached hydrogens (tertiary/aromatic N) is 1. The molecule has 0 spiro atoms. The van der Waals surface area contributed by atoms with Crippen LogP contribution >= 0.6 is 11.3 Å². The number of rotatable bonds is 5. The van der Waals surface area contributed by atoms with E-state index in [1.54, 1.807) is 0 Å². The Morgan fingerprint density at radius 3 is 2.23 bits per heavy atom. The minimum Gasteiger partial charge on any atom is -0.460 e. The van der Waals surface area contributed by atoms with Gasteiger partial charge in [-0.05, 0) is 81.8 Å². The van der Waals surface area contributed by atoms with E-state index in [2.05, 4.69) is 187 Å². The highest BCUT2D eigenvalue weighted by molar-refractivity contribution is 7.17. The van der Waals surface area contributed by atoms with Gasteiger partial charge in [0.2, 0.25) is 0 Å².